The Labute approximate surface area is 189 Å². The number of nitrogens with one attached hydrogen (secondary N) is 1. The first-order valence-electron chi connectivity index (χ1n) is 9.63. The maximum atomic E-state index is 5.72. The second-order valence-corrected chi connectivity index (χ2v) is 8.16. The fourth-order valence-corrected chi connectivity index (χ4v) is 4.16. The number of hydrogen-bond acceptors (Lipinski definition) is 5. The number of oxazole rings is 1. The first kappa shape index (κ1) is 23.2. The molecule has 0 saturated carbocycles. The van der Waals surface area contributed by atoms with E-state index in [2.05, 4.69) is 49.0 Å². The number of aromatic nitrogens is 1. The van der Waals surface area contributed by atoms with E-state index in [4.69, 9.17) is 4.42 Å². The van der Waals surface area contributed by atoms with Gasteiger partial charge in [0, 0.05) is 27.2 Å². The van der Waals surface area contributed by atoms with Gasteiger partial charge in [0.2, 0.25) is 5.89 Å². The summed E-state index contributed by atoms with van der Waals surface area (Å²) in [5.74, 6) is 3.43. The number of guanidine groups is 1. The molecule has 0 atom stereocenters. The van der Waals surface area contributed by atoms with Crippen LogP contribution in [0, 0.1) is 19.8 Å². The van der Waals surface area contributed by atoms with Crippen LogP contribution in [-0.4, -0.2) is 54.5 Å². The molecule has 28 heavy (non-hydrogen) atoms. The summed E-state index contributed by atoms with van der Waals surface area (Å²) in [6.07, 6.45) is 2.38. The van der Waals surface area contributed by atoms with Crippen molar-refractivity contribution in [1.29, 1.82) is 0 Å². The van der Waals surface area contributed by atoms with Gasteiger partial charge < -0.3 is 14.6 Å². The molecule has 0 aromatic carbocycles. The predicted octanol–water partition coefficient (Wildman–Crippen LogP) is 3.89. The van der Waals surface area contributed by atoms with Crippen molar-refractivity contribution in [2.24, 2.45) is 10.9 Å². The Morgan fingerprint density at radius 3 is 2.71 bits per heavy atom. The molecule has 0 radical (unpaired) electrons. The lowest BCUT2D eigenvalue weighted by Crippen LogP contribution is -2.43. The molecule has 0 spiro atoms. The van der Waals surface area contributed by atoms with Crippen LogP contribution in [0.3, 0.4) is 0 Å². The molecule has 8 heteroatoms. The number of rotatable bonds is 6. The van der Waals surface area contributed by atoms with Crippen LogP contribution < -0.4 is 5.32 Å². The van der Waals surface area contributed by atoms with Gasteiger partial charge in [0.15, 0.2) is 5.96 Å². The summed E-state index contributed by atoms with van der Waals surface area (Å²) in [5, 5.41) is 7.87. The van der Waals surface area contributed by atoms with Gasteiger partial charge >= 0.3 is 0 Å². The maximum Gasteiger partial charge on any atom is 0.208 e. The fourth-order valence-electron chi connectivity index (χ4n) is 3.50. The molecule has 3 rings (SSSR count). The van der Waals surface area contributed by atoms with E-state index in [0.717, 1.165) is 56.0 Å². The molecule has 156 valence electrons. The Kier molecular flexibility index (Phi) is 9.23. The predicted molar refractivity (Wildman–Crippen MR) is 127 cm³/mol. The Morgan fingerprint density at radius 1 is 1.39 bits per heavy atom. The third kappa shape index (κ3) is 6.45. The summed E-state index contributed by atoms with van der Waals surface area (Å²) >= 11 is 1.74. The summed E-state index contributed by atoms with van der Waals surface area (Å²) in [6, 6.07) is 2.17. The van der Waals surface area contributed by atoms with Gasteiger partial charge in [0.25, 0.3) is 0 Å². The largest absolute Gasteiger partial charge is 0.444 e. The van der Waals surface area contributed by atoms with Gasteiger partial charge in [-0.1, -0.05) is 0 Å². The maximum absolute atomic E-state index is 5.72. The van der Waals surface area contributed by atoms with Crippen LogP contribution in [0.2, 0.25) is 0 Å². The number of aryl methyl sites for hydroxylation is 2. The molecule has 1 fully saturated rings. The highest BCUT2D eigenvalue weighted by Gasteiger charge is 2.21. The van der Waals surface area contributed by atoms with E-state index >= 15 is 0 Å². The van der Waals surface area contributed by atoms with Gasteiger partial charge in [-0.2, -0.15) is 11.3 Å². The van der Waals surface area contributed by atoms with Gasteiger partial charge in [-0.25, -0.2) is 4.98 Å². The number of halogens is 1. The molecule has 1 saturated heterocycles. The first-order chi connectivity index (χ1) is 13.0. The Balaban J connectivity index is 0.00000280. The van der Waals surface area contributed by atoms with E-state index in [1.807, 2.05) is 20.9 Å². The monoisotopic (exact) mass is 517 g/mol. The van der Waals surface area contributed by atoms with E-state index in [9.17, 15) is 0 Å². The van der Waals surface area contributed by atoms with Crippen molar-refractivity contribution in [3.63, 3.8) is 0 Å². The Morgan fingerprint density at radius 2 is 2.14 bits per heavy atom. The summed E-state index contributed by atoms with van der Waals surface area (Å²) in [7, 11) is 3.95. The zero-order chi connectivity index (χ0) is 19.2. The van der Waals surface area contributed by atoms with Crippen molar-refractivity contribution in [2.75, 3.05) is 33.7 Å². The van der Waals surface area contributed by atoms with Crippen LogP contribution in [-0.2, 0) is 13.1 Å². The topological polar surface area (TPSA) is 56.9 Å². The molecule has 3 heterocycles. The molecular weight excluding hydrogens is 485 g/mol. The smallest absolute Gasteiger partial charge is 0.208 e. The number of hydrogen-bond donors (Lipinski definition) is 1. The van der Waals surface area contributed by atoms with Crippen LogP contribution in [0.25, 0.3) is 0 Å². The Bertz CT molecular complexity index is 718. The van der Waals surface area contributed by atoms with Crippen molar-refractivity contribution in [3.05, 3.63) is 39.7 Å². The summed E-state index contributed by atoms with van der Waals surface area (Å²) in [4.78, 5) is 13.6. The lowest BCUT2D eigenvalue weighted by molar-refractivity contribution is 0.163. The minimum Gasteiger partial charge on any atom is -0.444 e. The normalized spacial score (nSPS) is 16.1. The van der Waals surface area contributed by atoms with Crippen molar-refractivity contribution < 1.29 is 4.42 Å². The molecule has 2 aromatic rings. The molecule has 0 amide bonds. The molecule has 1 aliphatic rings. The minimum absolute atomic E-state index is 0. The van der Waals surface area contributed by atoms with Crippen LogP contribution in [0.1, 0.15) is 35.7 Å². The fraction of sp³-hybridized carbons (Fsp3) is 0.600. The number of aliphatic imine (C=N–C) groups is 1. The van der Waals surface area contributed by atoms with E-state index in [-0.39, 0.29) is 24.0 Å². The average molecular weight is 517 g/mol. The molecule has 1 N–H and O–H groups in total. The molecule has 0 bridgehead atoms. The first-order valence-corrected chi connectivity index (χ1v) is 10.6. The number of likely N-dealkylation sites (tertiary alicyclic amines) is 1. The third-order valence-electron chi connectivity index (χ3n) is 5.26. The molecule has 1 aliphatic heterocycles. The van der Waals surface area contributed by atoms with E-state index in [0.29, 0.717) is 5.92 Å². The van der Waals surface area contributed by atoms with Gasteiger partial charge in [-0.3, -0.25) is 9.89 Å². The third-order valence-corrected chi connectivity index (χ3v) is 5.99. The second kappa shape index (κ2) is 11.2. The zero-order valence-corrected chi connectivity index (χ0v) is 20.4. The van der Waals surface area contributed by atoms with Crippen molar-refractivity contribution in [1.82, 2.24) is 20.1 Å². The van der Waals surface area contributed by atoms with Crippen LogP contribution >= 0.6 is 35.3 Å². The lowest BCUT2D eigenvalue weighted by Gasteiger charge is -2.32. The zero-order valence-electron chi connectivity index (χ0n) is 17.3. The second-order valence-electron chi connectivity index (χ2n) is 7.38. The van der Waals surface area contributed by atoms with E-state index < -0.39 is 0 Å². The molecule has 2 aromatic heterocycles. The highest BCUT2D eigenvalue weighted by Crippen LogP contribution is 2.19. The van der Waals surface area contributed by atoms with E-state index in [1.165, 1.54) is 18.4 Å². The minimum atomic E-state index is 0. The van der Waals surface area contributed by atoms with Crippen LogP contribution in [0.4, 0.5) is 0 Å². The van der Waals surface area contributed by atoms with Gasteiger partial charge in [0.05, 0.1) is 12.2 Å². The molecule has 6 nitrogen and oxygen atoms in total. The van der Waals surface area contributed by atoms with Crippen molar-refractivity contribution in [2.45, 2.75) is 39.8 Å². The number of piperidine rings is 1. The average Bonchev–Trinajstić information content (AvgIpc) is 3.27. The molecule has 0 aliphatic carbocycles. The number of nitrogens with zero attached hydrogens (tertiary/aromatic N) is 4. The van der Waals surface area contributed by atoms with Gasteiger partial charge in [-0.15, -0.1) is 24.0 Å². The Hall–Kier alpha value is -1.13. The summed E-state index contributed by atoms with van der Waals surface area (Å²) in [6.45, 7) is 8.85. The summed E-state index contributed by atoms with van der Waals surface area (Å²) in [5.41, 5.74) is 2.33. The number of thiophene rings is 1. The standard InChI is InChI=1S/C20H31N5OS.HI/c1-15-16(2)26-19(23-15)13-25-8-5-17(6-9-25)11-22-20(21-3)24(4)12-18-7-10-27-14-18;/h7,10,14,17H,5-6,8-9,11-13H2,1-4H3,(H,21,22);1H. The quantitative estimate of drug-likeness (QED) is 0.358. The lowest BCUT2D eigenvalue weighted by atomic mass is 9.97. The van der Waals surface area contributed by atoms with Gasteiger partial charge in [0.1, 0.15) is 5.76 Å². The van der Waals surface area contributed by atoms with Crippen molar-refractivity contribution >= 4 is 41.3 Å². The SMILES string of the molecule is CN=C(NCC1CCN(Cc2nc(C)c(C)o2)CC1)N(C)Cc1ccsc1.I. The van der Waals surface area contributed by atoms with Crippen LogP contribution in [0.15, 0.2) is 26.2 Å². The molecular formula is C20H32IN5OS. The van der Waals surface area contributed by atoms with Gasteiger partial charge in [-0.05, 0) is 68.1 Å². The molecule has 0 unspecified atom stereocenters. The van der Waals surface area contributed by atoms with E-state index in [1.54, 1.807) is 11.3 Å². The highest BCUT2D eigenvalue weighted by atomic mass is 127. The van der Waals surface area contributed by atoms with Crippen LogP contribution in [0.5, 0.6) is 0 Å². The van der Waals surface area contributed by atoms with Crippen molar-refractivity contribution in [3.8, 4) is 0 Å². The highest BCUT2D eigenvalue weighted by molar-refractivity contribution is 14.0. The summed E-state index contributed by atoms with van der Waals surface area (Å²) < 4.78 is 5.72.